The van der Waals surface area contributed by atoms with Crippen molar-refractivity contribution in [2.75, 3.05) is 0 Å². The molecule has 0 unspecified atom stereocenters. The first-order valence-electron chi connectivity index (χ1n) is 7.91. The van der Waals surface area contributed by atoms with E-state index in [0.717, 1.165) is 24.8 Å². The van der Waals surface area contributed by atoms with Gasteiger partial charge in [0.05, 0.1) is 0 Å². The van der Waals surface area contributed by atoms with Crippen LogP contribution in [0.5, 0.6) is 0 Å². The molecule has 0 bridgehead atoms. The lowest BCUT2D eigenvalue weighted by molar-refractivity contribution is -0.134. The summed E-state index contributed by atoms with van der Waals surface area (Å²) in [6, 6.07) is 8.43. The average Bonchev–Trinajstić information content (AvgIpc) is 3.06. The van der Waals surface area contributed by atoms with Gasteiger partial charge in [0.15, 0.2) is 0 Å². The molecular weight excluding hydrogens is 292 g/mol. The molecule has 1 atom stereocenters. The van der Waals surface area contributed by atoms with Crippen molar-refractivity contribution in [1.29, 1.82) is 0 Å². The number of hydrogen-bond acceptors (Lipinski definition) is 3. The third-order valence-corrected chi connectivity index (χ3v) is 4.88. The maximum Gasteiger partial charge on any atom is 0.223 e. The third-order valence-electron chi connectivity index (χ3n) is 3.94. The Balaban J connectivity index is 1.91. The molecule has 0 fully saturated rings. The number of carbonyl (C=O) groups is 1. The minimum Gasteiger partial charge on any atom is -0.336 e. The van der Waals surface area contributed by atoms with E-state index in [9.17, 15) is 4.79 Å². The van der Waals surface area contributed by atoms with Crippen LogP contribution in [0.15, 0.2) is 42.0 Å². The van der Waals surface area contributed by atoms with Crippen LogP contribution in [0.2, 0.25) is 0 Å². The first kappa shape index (κ1) is 16.7. The monoisotopic (exact) mass is 316 g/mol. The van der Waals surface area contributed by atoms with Gasteiger partial charge >= 0.3 is 0 Å². The molecule has 0 saturated carbocycles. The number of aryl methyl sites for hydroxylation is 1. The lowest BCUT2D eigenvalue weighted by atomic mass is 10.1. The second-order valence-corrected chi connectivity index (χ2v) is 6.60. The van der Waals surface area contributed by atoms with Crippen molar-refractivity contribution in [1.82, 2.24) is 9.88 Å². The standard InChI is InChI=1S/C18H24N2OS/c1-3-15(2)20(14-16-9-11-19-12-10-16)18(21)8-4-6-17-7-5-13-22-17/h5,7,9-13,15H,3-4,6,8,14H2,1-2H3/t15-/m0/s1. The van der Waals surface area contributed by atoms with E-state index in [0.29, 0.717) is 13.0 Å². The van der Waals surface area contributed by atoms with Crippen LogP contribution in [0.4, 0.5) is 0 Å². The highest BCUT2D eigenvalue weighted by Gasteiger charge is 2.18. The van der Waals surface area contributed by atoms with E-state index in [1.165, 1.54) is 4.88 Å². The Morgan fingerprint density at radius 1 is 1.32 bits per heavy atom. The summed E-state index contributed by atoms with van der Waals surface area (Å²) in [6.07, 6.45) is 7.07. The summed E-state index contributed by atoms with van der Waals surface area (Å²) in [5.41, 5.74) is 1.14. The van der Waals surface area contributed by atoms with Crippen LogP contribution in [0.25, 0.3) is 0 Å². The van der Waals surface area contributed by atoms with Crippen molar-refractivity contribution in [2.45, 2.75) is 52.1 Å². The van der Waals surface area contributed by atoms with Crippen molar-refractivity contribution in [3.63, 3.8) is 0 Å². The lowest BCUT2D eigenvalue weighted by Gasteiger charge is -2.29. The minimum absolute atomic E-state index is 0.253. The van der Waals surface area contributed by atoms with E-state index in [2.05, 4.69) is 36.3 Å². The van der Waals surface area contributed by atoms with Crippen LogP contribution in [-0.4, -0.2) is 21.8 Å². The second-order valence-electron chi connectivity index (χ2n) is 5.57. The van der Waals surface area contributed by atoms with Gasteiger partial charge in [-0.25, -0.2) is 0 Å². The number of amides is 1. The number of carbonyl (C=O) groups excluding carboxylic acids is 1. The van der Waals surface area contributed by atoms with Crippen LogP contribution >= 0.6 is 11.3 Å². The summed E-state index contributed by atoms with van der Waals surface area (Å²) in [6.45, 7) is 4.93. The van der Waals surface area contributed by atoms with Gasteiger partial charge in [0.25, 0.3) is 0 Å². The largest absolute Gasteiger partial charge is 0.336 e. The number of hydrogen-bond donors (Lipinski definition) is 0. The number of pyridine rings is 1. The molecule has 0 radical (unpaired) electrons. The molecule has 0 saturated heterocycles. The predicted octanol–water partition coefficient (Wildman–Crippen LogP) is 4.29. The molecule has 0 aromatic carbocycles. The first-order valence-corrected chi connectivity index (χ1v) is 8.79. The van der Waals surface area contributed by atoms with Gasteiger partial charge in [0.1, 0.15) is 0 Å². The molecule has 0 aliphatic carbocycles. The van der Waals surface area contributed by atoms with Crippen molar-refractivity contribution in [3.8, 4) is 0 Å². The summed E-state index contributed by atoms with van der Waals surface area (Å²) in [5.74, 6) is 0.253. The summed E-state index contributed by atoms with van der Waals surface area (Å²) in [4.78, 5) is 20.0. The Labute approximate surface area is 137 Å². The zero-order valence-corrected chi connectivity index (χ0v) is 14.2. The van der Waals surface area contributed by atoms with Crippen LogP contribution in [0.3, 0.4) is 0 Å². The molecule has 2 aromatic rings. The molecule has 22 heavy (non-hydrogen) atoms. The normalized spacial score (nSPS) is 12.1. The van der Waals surface area contributed by atoms with Crippen LogP contribution in [0, 0.1) is 0 Å². The number of thiophene rings is 1. The fraction of sp³-hybridized carbons (Fsp3) is 0.444. The maximum atomic E-state index is 12.6. The van der Waals surface area contributed by atoms with E-state index in [-0.39, 0.29) is 11.9 Å². The molecular formula is C18H24N2OS. The Hall–Kier alpha value is -1.68. The van der Waals surface area contributed by atoms with Crippen LogP contribution in [-0.2, 0) is 17.8 Å². The maximum absolute atomic E-state index is 12.6. The van der Waals surface area contributed by atoms with Gasteiger partial charge in [-0.05, 0) is 55.3 Å². The van der Waals surface area contributed by atoms with Crippen molar-refractivity contribution >= 4 is 17.2 Å². The average molecular weight is 316 g/mol. The second kappa shape index (κ2) is 8.69. The van der Waals surface area contributed by atoms with E-state index < -0.39 is 0 Å². The SMILES string of the molecule is CC[C@H](C)N(Cc1ccncc1)C(=O)CCCc1cccs1. The number of rotatable bonds is 8. The molecule has 0 aliphatic rings. The van der Waals surface area contributed by atoms with E-state index in [4.69, 9.17) is 0 Å². The Morgan fingerprint density at radius 3 is 2.73 bits per heavy atom. The lowest BCUT2D eigenvalue weighted by Crippen LogP contribution is -2.37. The molecule has 2 heterocycles. The molecule has 2 aromatic heterocycles. The molecule has 1 amide bonds. The van der Waals surface area contributed by atoms with Crippen molar-refractivity contribution < 1.29 is 4.79 Å². The zero-order valence-electron chi connectivity index (χ0n) is 13.4. The van der Waals surface area contributed by atoms with Gasteiger partial charge in [-0.15, -0.1) is 11.3 Å². The van der Waals surface area contributed by atoms with Crippen molar-refractivity contribution in [2.24, 2.45) is 0 Å². The summed E-state index contributed by atoms with van der Waals surface area (Å²) in [7, 11) is 0. The van der Waals surface area contributed by atoms with Crippen molar-refractivity contribution in [3.05, 3.63) is 52.5 Å². The quantitative estimate of drug-likeness (QED) is 0.728. The van der Waals surface area contributed by atoms with E-state index in [1.807, 2.05) is 17.0 Å². The van der Waals surface area contributed by atoms with Gasteiger partial charge < -0.3 is 4.90 Å². The Kier molecular flexibility index (Phi) is 6.59. The highest BCUT2D eigenvalue weighted by atomic mass is 32.1. The summed E-state index contributed by atoms with van der Waals surface area (Å²) >= 11 is 1.76. The molecule has 118 valence electrons. The molecule has 2 rings (SSSR count). The molecule has 0 aliphatic heterocycles. The third kappa shape index (κ3) is 4.95. The topological polar surface area (TPSA) is 33.2 Å². The smallest absolute Gasteiger partial charge is 0.223 e. The summed E-state index contributed by atoms with van der Waals surface area (Å²) < 4.78 is 0. The molecule has 0 spiro atoms. The van der Waals surface area contributed by atoms with E-state index >= 15 is 0 Å². The van der Waals surface area contributed by atoms with Gasteiger partial charge in [-0.2, -0.15) is 0 Å². The predicted molar refractivity (Wildman–Crippen MR) is 91.8 cm³/mol. The zero-order chi connectivity index (χ0) is 15.8. The fourth-order valence-electron chi connectivity index (χ4n) is 2.41. The van der Waals surface area contributed by atoms with Gasteiger partial charge in [-0.3, -0.25) is 9.78 Å². The molecule has 0 N–H and O–H groups in total. The van der Waals surface area contributed by atoms with Crippen LogP contribution < -0.4 is 0 Å². The Morgan fingerprint density at radius 2 is 2.09 bits per heavy atom. The van der Waals surface area contributed by atoms with Gasteiger partial charge in [0.2, 0.25) is 5.91 Å². The first-order chi connectivity index (χ1) is 10.7. The highest BCUT2D eigenvalue weighted by Crippen LogP contribution is 2.16. The van der Waals surface area contributed by atoms with Crippen LogP contribution in [0.1, 0.15) is 43.6 Å². The Bertz CT molecular complexity index is 554. The van der Waals surface area contributed by atoms with Gasteiger partial charge in [0, 0.05) is 36.3 Å². The fourth-order valence-corrected chi connectivity index (χ4v) is 3.16. The number of nitrogens with zero attached hydrogens (tertiary/aromatic N) is 2. The molecule has 3 nitrogen and oxygen atoms in total. The minimum atomic E-state index is 0.253. The number of aromatic nitrogens is 1. The highest BCUT2D eigenvalue weighted by molar-refractivity contribution is 7.09. The van der Waals surface area contributed by atoms with E-state index in [1.54, 1.807) is 23.7 Å². The summed E-state index contributed by atoms with van der Waals surface area (Å²) in [5, 5.41) is 2.09. The van der Waals surface area contributed by atoms with Gasteiger partial charge in [-0.1, -0.05) is 13.0 Å². The molecule has 4 heteroatoms.